The molecule has 8 nitrogen and oxygen atoms in total. The number of aromatic nitrogens is 7. The molecule has 0 amide bonds. The van der Waals surface area contributed by atoms with Gasteiger partial charge in [0.2, 0.25) is 5.89 Å². The van der Waals surface area contributed by atoms with Gasteiger partial charge in [0, 0.05) is 16.5 Å². The maximum atomic E-state index is 12.6. The van der Waals surface area contributed by atoms with Crippen LogP contribution in [0.3, 0.4) is 0 Å². The van der Waals surface area contributed by atoms with Crippen LogP contribution in [0.4, 0.5) is 8.78 Å². The second kappa shape index (κ2) is 6.89. The van der Waals surface area contributed by atoms with E-state index in [2.05, 4.69) is 30.7 Å². The molecule has 0 saturated carbocycles. The maximum absolute atomic E-state index is 12.6. The van der Waals surface area contributed by atoms with Gasteiger partial charge in [-0.1, -0.05) is 29.5 Å². The quantitative estimate of drug-likeness (QED) is 0.487. The minimum absolute atomic E-state index is 0.0584. The summed E-state index contributed by atoms with van der Waals surface area (Å²) < 4.78 is 31.8. The van der Waals surface area contributed by atoms with Crippen molar-refractivity contribution in [1.82, 2.24) is 35.4 Å². The van der Waals surface area contributed by atoms with Crippen molar-refractivity contribution in [2.24, 2.45) is 0 Å². The average Bonchev–Trinajstić information content (AvgIpc) is 3.48. The molecule has 0 spiro atoms. The molecule has 0 radical (unpaired) electrons. The number of nitrogens with zero attached hydrogens (tertiary/aromatic N) is 6. The summed E-state index contributed by atoms with van der Waals surface area (Å²) in [5.74, 6) is -0.630. The van der Waals surface area contributed by atoms with E-state index in [4.69, 9.17) is 4.42 Å². The van der Waals surface area contributed by atoms with Crippen molar-refractivity contribution in [2.75, 3.05) is 0 Å². The Labute approximate surface area is 162 Å². The number of fused-ring (bicyclic) bond motifs is 1. The monoisotopic (exact) mass is 393 g/mol. The molecule has 5 rings (SSSR count). The molecule has 144 valence electrons. The van der Waals surface area contributed by atoms with Gasteiger partial charge in [-0.2, -0.15) is 13.9 Å². The van der Waals surface area contributed by atoms with E-state index in [9.17, 15) is 8.78 Å². The molecule has 1 N–H and O–H groups in total. The highest BCUT2D eigenvalue weighted by Crippen LogP contribution is 2.26. The third kappa shape index (κ3) is 3.24. The van der Waals surface area contributed by atoms with Gasteiger partial charge in [0.1, 0.15) is 5.69 Å². The molecule has 3 heterocycles. The van der Waals surface area contributed by atoms with Crippen LogP contribution in [0, 0.1) is 0 Å². The Balaban J connectivity index is 1.35. The Morgan fingerprint density at radius 1 is 1.03 bits per heavy atom. The number of rotatable bonds is 5. The SMILES string of the molecule is FC(F)c1nnc(-c2ccc(Cn3cc(-c4cccc5[nH]ncc45)nn3)cc2)o1. The van der Waals surface area contributed by atoms with Crippen LogP contribution < -0.4 is 0 Å². The molecule has 2 aromatic carbocycles. The first-order valence-electron chi connectivity index (χ1n) is 8.71. The van der Waals surface area contributed by atoms with Gasteiger partial charge in [0.25, 0.3) is 5.89 Å². The third-order valence-corrected chi connectivity index (χ3v) is 4.47. The molecule has 3 aromatic heterocycles. The molecule has 0 aliphatic rings. The summed E-state index contributed by atoms with van der Waals surface area (Å²) in [5.41, 5.74) is 4.16. The number of alkyl halides is 2. The fourth-order valence-corrected chi connectivity index (χ4v) is 3.07. The lowest BCUT2D eigenvalue weighted by Gasteiger charge is -2.02. The number of hydrogen-bond acceptors (Lipinski definition) is 6. The Hall–Kier alpha value is -3.95. The standard InChI is InChI=1S/C19H13F2N7O/c20-17(21)19-26-25-18(29-19)12-6-4-11(5-7-12)9-28-10-16(24-27-28)13-2-1-3-15-14(13)8-22-23-15/h1-8,10,17H,9H2,(H,22,23). The minimum Gasteiger partial charge on any atom is -0.415 e. The summed E-state index contributed by atoms with van der Waals surface area (Å²) in [6, 6.07) is 13.0. The Morgan fingerprint density at radius 3 is 2.69 bits per heavy atom. The van der Waals surface area contributed by atoms with Crippen molar-refractivity contribution >= 4 is 10.9 Å². The molecule has 0 unspecified atom stereocenters. The molecule has 0 aliphatic carbocycles. The van der Waals surface area contributed by atoms with Crippen molar-refractivity contribution in [1.29, 1.82) is 0 Å². The van der Waals surface area contributed by atoms with Crippen LogP contribution in [0.1, 0.15) is 17.9 Å². The largest absolute Gasteiger partial charge is 0.415 e. The zero-order chi connectivity index (χ0) is 19.8. The second-order valence-corrected chi connectivity index (χ2v) is 6.38. The Kier molecular flexibility index (Phi) is 4.08. The summed E-state index contributed by atoms with van der Waals surface area (Å²) in [5, 5.41) is 23.4. The molecular formula is C19H13F2N7O. The van der Waals surface area contributed by atoms with E-state index < -0.39 is 12.3 Å². The summed E-state index contributed by atoms with van der Waals surface area (Å²) in [6.45, 7) is 0.501. The highest BCUT2D eigenvalue weighted by Gasteiger charge is 2.17. The van der Waals surface area contributed by atoms with E-state index in [1.54, 1.807) is 23.0 Å². The first-order chi connectivity index (χ1) is 14.2. The molecule has 29 heavy (non-hydrogen) atoms. The predicted molar refractivity (Wildman–Crippen MR) is 98.9 cm³/mol. The summed E-state index contributed by atoms with van der Waals surface area (Å²) >= 11 is 0. The smallest absolute Gasteiger partial charge is 0.314 e. The zero-order valence-electron chi connectivity index (χ0n) is 14.8. The van der Waals surface area contributed by atoms with E-state index in [-0.39, 0.29) is 5.89 Å². The van der Waals surface area contributed by atoms with Crippen LogP contribution >= 0.6 is 0 Å². The summed E-state index contributed by atoms with van der Waals surface area (Å²) in [6.07, 6.45) is 0.840. The topological polar surface area (TPSA) is 98.3 Å². The van der Waals surface area contributed by atoms with Crippen molar-refractivity contribution in [3.05, 3.63) is 66.3 Å². The number of H-pyrrole nitrogens is 1. The normalized spacial score (nSPS) is 11.6. The van der Waals surface area contributed by atoms with Crippen LogP contribution in [0.2, 0.25) is 0 Å². The maximum Gasteiger partial charge on any atom is 0.314 e. The van der Waals surface area contributed by atoms with Crippen molar-refractivity contribution in [2.45, 2.75) is 13.0 Å². The highest BCUT2D eigenvalue weighted by molar-refractivity contribution is 5.92. The Morgan fingerprint density at radius 2 is 1.90 bits per heavy atom. The van der Waals surface area contributed by atoms with Crippen molar-refractivity contribution in [3.8, 4) is 22.7 Å². The van der Waals surface area contributed by atoms with Gasteiger partial charge in [0.15, 0.2) is 0 Å². The predicted octanol–water partition coefficient (Wildman–Crippen LogP) is 3.86. The Bertz CT molecular complexity index is 1270. The summed E-state index contributed by atoms with van der Waals surface area (Å²) in [4.78, 5) is 0. The van der Waals surface area contributed by atoms with Gasteiger partial charge in [-0.25, -0.2) is 4.68 Å². The lowest BCUT2D eigenvalue weighted by Crippen LogP contribution is -2.00. The number of benzene rings is 2. The number of halogens is 2. The van der Waals surface area contributed by atoms with E-state index >= 15 is 0 Å². The van der Waals surface area contributed by atoms with Crippen LogP contribution in [-0.2, 0) is 6.54 Å². The molecule has 0 bridgehead atoms. The number of nitrogens with one attached hydrogen (secondary N) is 1. The fraction of sp³-hybridized carbons (Fsp3) is 0.105. The molecule has 5 aromatic rings. The highest BCUT2D eigenvalue weighted by atomic mass is 19.3. The van der Waals surface area contributed by atoms with E-state index in [0.717, 1.165) is 27.7 Å². The van der Waals surface area contributed by atoms with Gasteiger partial charge >= 0.3 is 6.43 Å². The van der Waals surface area contributed by atoms with E-state index in [1.807, 2.05) is 36.5 Å². The second-order valence-electron chi connectivity index (χ2n) is 6.38. The van der Waals surface area contributed by atoms with Crippen LogP contribution in [-0.4, -0.2) is 35.4 Å². The van der Waals surface area contributed by atoms with E-state index in [1.165, 1.54) is 0 Å². The van der Waals surface area contributed by atoms with Gasteiger partial charge < -0.3 is 4.42 Å². The van der Waals surface area contributed by atoms with Crippen LogP contribution in [0.5, 0.6) is 0 Å². The van der Waals surface area contributed by atoms with Crippen LogP contribution in [0.15, 0.2) is 59.3 Å². The molecular weight excluding hydrogens is 380 g/mol. The van der Waals surface area contributed by atoms with Crippen molar-refractivity contribution < 1.29 is 13.2 Å². The first kappa shape index (κ1) is 17.2. The van der Waals surface area contributed by atoms with Crippen molar-refractivity contribution in [3.63, 3.8) is 0 Å². The lowest BCUT2D eigenvalue weighted by atomic mass is 10.1. The molecule has 0 atom stereocenters. The van der Waals surface area contributed by atoms with Gasteiger partial charge in [0.05, 0.1) is 24.5 Å². The molecule has 0 aliphatic heterocycles. The number of hydrogen-bond donors (Lipinski definition) is 1. The zero-order valence-corrected chi connectivity index (χ0v) is 14.8. The molecule has 10 heteroatoms. The van der Waals surface area contributed by atoms with E-state index in [0.29, 0.717) is 12.1 Å². The van der Waals surface area contributed by atoms with Crippen LogP contribution in [0.25, 0.3) is 33.6 Å². The minimum atomic E-state index is -2.79. The lowest BCUT2D eigenvalue weighted by molar-refractivity contribution is 0.116. The van der Waals surface area contributed by atoms with Gasteiger partial charge in [-0.15, -0.1) is 15.3 Å². The summed E-state index contributed by atoms with van der Waals surface area (Å²) in [7, 11) is 0. The third-order valence-electron chi connectivity index (χ3n) is 4.47. The first-order valence-corrected chi connectivity index (χ1v) is 8.71. The molecule has 0 fully saturated rings. The molecule has 0 saturated heterocycles. The number of aromatic amines is 1. The fourth-order valence-electron chi connectivity index (χ4n) is 3.07. The van der Waals surface area contributed by atoms with Gasteiger partial charge in [-0.3, -0.25) is 5.10 Å². The average molecular weight is 393 g/mol. The van der Waals surface area contributed by atoms with Gasteiger partial charge in [-0.05, 0) is 23.8 Å².